The lowest BCUT2D eigenvalue weighted by Gasteiger charge is -2.11. The van der Waals surface area contributed by atoms with E-state index in [1.807, 2.05) is 6.07 Å². The molecule has 0 aliphatic heterocycles. The SMILES string of the molecule is O=C(NC1CCCC1)c1ccc2nccnc2c1. The minimum Gasteiger partial charge on any atom is -0.349 e. The standard InChI is InChI=1S/C14H15N3O/c18-14(17-11-3-1-2-4-11)10-5-6-12-13(9-10)16-8-7-15-12/h5-9,11H,1-4H2,(H,17,18). The average Bonchev–Trinajstić information content (AvgIpc) is 2.91. The van der Waals surface area contributed by atoms with Crippen molar-refractivity contribution in [2.24, 2.45) is 0 Å². The van der Waals surface area contributed by atoms with Crippen molar-refractivity contribution < 1.29 is 4.79 Å². The Balaban J connectivity index is 1.82. The highest BCUT2D eigenvalue weighted by Gasteiger charge is 2.18. The maximum Gasteiger partial charge on any atom is 0.251 e. The average molecular weight is 241 g/mol. The molecule has 1 aromatic heterocycles. The van der Waals surface area contributed by atoms with Gasteiger partial charge in [0.05, 0.1) is 11.0 Å². The summed E-state index contributed by atoms with van der Waals surface area (Å²) in [6.45, 7) is 0. The molecule has 4 heteroatoms. The number of amides is 1. The van der Waals surface area contributed by atoms with Gasteiger partial charge in [-0.2, -0.15) is 0 Å². The second-order valence-corrected chi connectivity index (χ2v) is 4.71. The van der Waals surface area contributed by atoms with E-state index >= 15 is 0 Å². The van der Waals surface area contributed by atoms with Crippen LogP contribution >= 0.6 is 0 Å². The molecule has 1 aromatic carbocycles. The molecule has 0 unspecified atom stereocenters. The van der Waals surface area contributed by atoms with Gasteiger partial charge in [-0.15, -0.1) is 0 Å². The van der Waals surface area contributed by atoms with Crippen LogP contribution in [0.4, 0.5) is 0 Å². The van der Waals surface area contributed by atoms with Crippen molar-refractivity contribution in [1.29, 1.82) is 0 Å². The number of nitrogens with one attached hydrogen (secondary N) is 1. The van der Waals surface area contributed by atoms with Gasteiger partial charge in [0.1, 0.15) is 0 Å². The fourth-order valence-electron chi connectivity index (χ4n) is 2.44. The van der Waals surface area contributed by atoms with Gasteiger partial charge in [0.2, 0.25) is 0 Å². The highest BCUT2D eigenvalue weighted by molar-refractivity contribution is 5.97. The van der Waals surface area contributed by atoms with Crippen LogP contribution in [0.25, 0.3) is 11.0 Å². The number of fused-ring (bicyclic) bond motifs is 1. The number of hydrogen-bond acceptors (Lipinski definition) is 3. The summed E-state index contributed by atoms with van der Waals surface area (Å²) in [7, 11) is 0. The second kappa shape index (κ2) is 4.72. The monoisotopic (exact) mass is 241 g/mol. The first-order valence-corrected chi connectivity index (χ1v) is 6.34. The fraction of sp³-hybridized carbons (Fsp3) is 0.357. The molecule has 18 heavy (non-hydrogen) atoms. The number of hydrogen-bond donors (Lipinski definition) is 1. The topological polar surface area (TPSA) is 54.9 Å². The molecule has 0 radical (unpaired) electrons. The zero-order chi connectivity index (χ0) is 12.4. The minimum absolute atomic E-state index is 0.00514. The molecule has 1 fully saturated rings. The largest absolute Gasteiger partial charge is 0.349 e. The Morgan fingerprint density at radius 1 is 1.11 bits per heavy atom. The van der Waals surface area contributed by atoms with E-state index in [-0.39, 0.29) is 5.91 Å². The van der Waals surface area contributed by atoms with Gasteiger partial charge in [-0.1, -0.05) is 12.8 Å². The van der Waals surface area contributed by atoms with Crippen molar-refractivity contribution in [3.8, 4) is 0 Å². The van der Waals surface area contributed by atoms with E-state index in [0.717, 1.165) is 23.9 Å². The van der Waals surface area contributed by atoms with Crippen molar-refractivity contribution in [1.82, 2.24) is 15.3 Å². The maximum atomic E-state index is 12.1. The summed E-state index contributed by atoms with van der Waals surface area (Å²) in [5, 5.41) is 3.07. The number of carbonyl (C=O) groups excluding carboxylic acids is 1. The molecule has 1 saturated carbocycles. The van der Waals surface area contributed by atoms with Crippen LogP contribution in [-0.2, 0) is 0 Å². The Bertz CT molecular complexity index is 576. The van der Waals surface area contributed by atoms with E-state index in [0.29, 0.717) is 11.6 Å². The van der Waals surface area contributed by atoms with E-state index in [1.54, 1.807) is 24.5 Å². The third kappa shape index (κ3) is 2.18. The molecule has 0 bridgehead atoms. The van der Waals surface area contributed by atoms with Crippen LogP contribution < -0.4 is 5.32 Å². The first-order chi connectivity index (χ1) is 8.83. The minimum atomic E-state index is -0.00514. The number of carbonyl (C=O) groups is 1. The maximum absolute atomic E-state index is 12.1. The van der Waals surface area contributed by atoms with Crippen LogP contribution in [0, 0.1) is 0 Å². The molecule has 92 valence electrons. The number of benzene rings is 1. The molecular weight excluding hydrogens is 226 g/mol. The summed E-state index contributed by atoms with van der Waals surface area (Å²) >= 11 is 0. The van der Waals surface area contributed by atoms with E-state index in [9.17, 15) is 4.79 Å². The van der Waals surface area contributed by atoms with Crippen molar-refractivity contribution in [2.75, 3.05) is 0 Å². The highest BCUT2D eigenvalue weighted by atomic mass is 16.1. The van der Waals surface area contributed by atoms with Crippen LogP contribution in [0.3, 0.4) is 0 Å². The quantitative estimate of drug-likeness (QED) is 0.877. The molecule has 4 nitrogen and oxygen atoms in total. The first-order valence-electron chi connectivity index (χ1n) is 6.34. The van der Waals surface area contributed by atoms with Crippen molar-refractivity contribution >= 4 is 16.9 Å². The van der Waals surface area contributed by atoms with Crippen molar-refractivity contribution in [2.45, 2.75) is 31.7 Å². The molecule has 1 aliphatic carbocycles. The smallest absolute Gasteiger partial charge is 0.251 e. The Labute approximate surface area is 105 Å². The van der Waals surface area contributed by atoms with Gasteiger partial charge < -0.3 is 5.32 Å². The third-order valence-corrected chi connectivity index (χ3v) is 3.42. The Kier molecular flexibility index (Phi) is 2.92. The van der Waals surface area contributed by atoms with Gasteiger partial charge in [0.25, 0.3) is 5.91 Å². The Morgan fingerprint density at radius 2 is 1.83 bits per heavy atom. The molecular formula is C14H15N3O. The van der Waals surface area contributed by atoms with Crippen LogP contribution in [-0.4, -0.2) is 21.9 Å². The molecule has 1 heterocycles. The zero-order valence-corrected chi connectivity index (χ0v) is 10.1. The van der Waals surface area contributed by atoms with Gasteiger partial charge in [0, 0.05) is 24.0 Å². The number of rotatable bonds is 2. The lowest BCUT2D eigenvalue weighted by molar-refractivity contribution is 0.0938. The van der Waals surface area contributed by atoms with E-state index < -0.39 is 0 Å². The molecule has 3 rings (SSSR count). The predicted molar refractivity (Wildman–Crippen MR) is 69.3 cm³/mol. The molecule has 2 aromatic rings. The molecule has 1 amide bonds. The normalized spacial score (nSPS) is 16.0. The Morgan fingerprint density at radius 3 is 2.61 bits per heavy atom. The third-order valence-electron chi connectivity index (χ3n) is 3.42. The zero-order valence-electron chi connectivity index (χ0n) is 10.1. The fourth-order valence-corrected chi connectivity index (χ4v) is 2.44. The summed E-state index contributed by atoms with van der Waals surface area (Å²) < 4.78 is 0. The summed E-state index contributed by atoms with van der Waals surface area (Å²) in [4.78, 5) is 20.5. The summed E-state index contributed by atoms with van der Waals surface area (Å²) in [5.41, 5.74) is 2.24. The summed E-state index contributed by atoms with van der Waals surface area (Å²) in [6.07, 6.45) is 7.92. The van der Waals surface area contributed by atoms with Gasteiger partial charge >= 0.3 is 0 Å². The van der Waals surface area contributed by atoms with Gasteiger partial charge in [-0.05, 0) is 31.0 Å². The lowest BCUT2D eigenvalue weighted by Crippen LogP contribution is -2.32. The second-order valence-electron chi connectivity index (χ2n) is 4.71. The molecule has 0 spiro atoms. The molecule has 0 saturated heterocycles. The van der Waals surface area contributed by atoms with Crippen molar-refractivity contribution in [3.05, 3.63) is 36.2 Å². The van der Waals surface area contributed by atoms with Crippen molar-refractivity contribution in [3.63, 3.8) is 0 Å². The summed E-state index contributed by atoms with van der Waals surface area (Å²) in [5.74, 6) is -0.00514. The molecule has 1 N–H and O–H groups in total. The van der Waals surface area contributed by atoms with E-state index in [1.165, 1.54) is 12.8 Å². The molecule has 0 atom stereocenters. The highest BCUT2D eigenvalue weighted by Crippen LogP contribution is 2.18. The van der Waals surface area contributed by atoms with Gasteiger partial charge in [-0.25, -0.2) is 0 Å². The first kappa shape index (κ1) is 11.1. The predicted octanol–water partition coefficient (Wildman–Crippen LogP) is 2.30. The number of nitrogens with zero attached hydrogens (tertiary/aromatic N) is 2. The van der Waals surface area contributed by atoms with Gasteiger partial charge in [-0.3, -0.25) is 14.8 Å². The number of aromatic nitrogens is 2. The van der Waals surface area contributed by atoms with Gasteiger partial charge in [0.15, 0.2) is 0 Å². The van der Waals surface area contributed by atoms with Crippen LogP contribution in [0.5, 0.6) is 0 Å². The van der Waals surface area contributed by atoms with E-state index in [2.05, 4.69) is 15.3 Å². The molecule has 1 aliphatic rings. The lowest BCUT2D eigenvalue weighted by atomic mass is 10.1. The van der Waals surface area contributed by atoms with Crippen LogP contribution in [0.1, 0.15) is 36.0 Å². The van der Waals surface area contributed by atoms with E-state index in [4.69, 9.17) is 0 Å². The van der Waals surface area contributed by atoms with Crippen LogP contribution in [0.15, 0.2) is 30.6 Å². The summed E-state index contributed by atoms with van der Waals surface area (Å²) in [6, 6.07) is 5.79. The Hall–Kier alpha value is -1.97. The van der Waals surface area contributed by atoms with Crippen LogP contribution in [0.2, 0.25) is 0 Å².